The number of rotatable bonds is 2. The van der Waals surface area contributed by atoms with Gasteiger partial charge < -0.3 is 4.74 Å². The molecule has 0 radical (unpaired) electrons. The van der Waals surface area contributed by atoms with Crippen LogP contribution in [0.2, 0.25) is 0 Å². The number of carbonyl (C=O) groups is 2. The monoisotopic (exact) mass is 232 g/mol. The third-order valence-electron chi connectivity index (χ3n) is 2.34. The van der Waals surface area contributed by atoms with E-state index in [9.17, 15) is 9.59 Å². The van der Waals surface area contributed by atoms with Gasteiger partial charge in [-0.15, -0.1) is 0 Å². The van der Waals surface area contributed by atoms with E-state index in [2.05, 4.69) is 5.10 Å². The highest BCUT2D eigenvalue weighted by molar-refractivity contribution is 5.94. The molecule has 0 bridgehead atoms. The summed E-state index contributed by atoms with van der Waals surface area (Å²) < 4.78 is 6.14. The van der Waals surface area contributed by atoms with Gasteiger partial charge in [0.15, 0.2) is 0 Å². The van der Waals surface area contributed by atoms with Gasteiger partial charge in [0.1, 0.15) is 0 Å². The van der Waals surface area contributed by atoms with E-state index in [1.54, 1.807) is 31.3 Å². The Morgan fingerprint density at radius 1 is 1.41 bits per heavy atom. The average molecular weight is 232 g/mol. The third-order valence-corrected chi connectivity index (χ3v) is 2.34. The van der Waals surface area contributed by atoms with Crippen molar-refractivity contribution in [2.45, 2.75) is 13.8 Å². The van der Waals surface area contributed by atoms with Crippen LogP contribution in [0.4, 0.5) is 0 Å². The van der Waals surface area contributed by atoms with Gasteiger partial charge in [-0.2, -0.15) is 5.10 Å². The fourth-order valence-electron chi connectivity index (χ4n) is 1.52. The number of esters is 1. The first-order valence-corrected chi connectivity index (χ1v) is 5.29. The molecule has 0 atom stereocenters. The highest BCUT2D eigenvalue weighted by Crippen LogP contribution is 2.15. The molecule has 1 heterocycles. The molecule has 1 aromatic carbocycles. The molecule has 0 aliphatic carbocycles. The van der Waals surface area contributed by atoms with Crippen LogP contribution in [0.1, 0.15) is 29.0 Å². The van der Waals surface area contributed by atoms with Crippen LogP contribution in [0.15, 0.2) is 24.4 Å². The highest BCUT2D eigenvalue weighted by atomic mass is 16.5. The normalized spacial score (nSPS) is 10.5. The Kier molecular flexibility index (Phi) is 2.91. The second-order valence-corrected chi connectivity index (χ2v) is 3.59. The Labute approximate surface area is 98.0 Å². The summed E-state index contributed by atoms with van der Waals surface area (Å²) in [6.45, 7) is 3.51. The molecule has 88 valence electrons. The number of nitrogens with zero attached hydrogens (tertiary/aromatic N) is 2. The number of fused-ring (bicyclic) bond motifs is 1. The molecular weight excluding hydrogens is 220 g/mol. The lowest BCUT2D eigenvalue weighted by molar-refractivity contribution is 0.0526. The van der Waals surface area contributed by atoms with Crippen molar-refractivity contribution in [1.82, 2.24) is 9.78 Å². The first kappa shape index (κ1) is 11.3. The lowest BCUT2D eigenvalue weighted by atomic mass is 10.2. The predicted molar refractivity (Wildman–Crippen MR) is 62.0 cm³/mol. The van der Waals surface area contributed by atoms with Gasteiger partial charge in [-0.3, -0.25) is 4.79 Å². The molecule has 2 rings (SSSR count). The van der Waals surface area contributed by atoms with Crippen molar-refractivity contribution in [3.8, 4) is 0 Å². The molecule has 0 fully saturated rings. The lowest BCUT2D eigenvalue weighted by Gasteiger charge is -2.00. The first-order valence-electron chi connectivity index (χ1n) is 5.29. The molecule has 0 N–H and O–H groups in total. The molecule has 5 nitrogen and oxygen atoms in total. The molecule has 0 aliphatic rings. The zero-order valence-corrected chi connectivity index (χ0v) is 9.64. The summed E-state index contributed by atoms with van der Waals surface area (Å²) in [6, 6.07) is 5.02. The summed E-state index contributed by atoms with van der Waals surface area (Å²) in [7, 11) is 0. The first-order chi connectivity index (χ1) is 8.11. The Morgan fingerprint density at radius 2 is 2.18 bits per heavy atom. The van der Waals surface area contributed by atoms with E-state index in [-0.39, 0.29) is 11.9 Å². The van der Waals surface area contributed by atoms with Crippen molar-refractivity contribution >= 4 is 22.8 Å². The van der Waals surface area contributed by atoms with Crippen LogP contribution in [0, 0.1) is 0 Å². The number of ether oxygens (including phenoxy) is 1. The van der Waals surface area contributed by atoms with Crippen LogP contribution in [-0.4, -0.2) is 28.3 Å². The average Bonchev–Trinajstić information content (AvgIpc) is 2.71. The van der Waals surface area contributed by atoms with Crippen molar-refractivity contribution in [1.29, 1.82) is 0 Å². The van der Waals surface area contributed by atoms with Gasteiger partial charge in [-0.05, 0) is 19.1 Å². The maximum absolute atomic E-state index is 11.5. The van der Waals surface area contributed by atoms with Crippen molar-refractivity contribution in [2.24, 2.45) is 0 Å². The third kappa shape index (κ3) is 2.18. The molecule has 1 aromatic heterocycles. The van der Waals surface area contributed by atoms with Crippen molar-refractivity contribution < 1.29 is 14.3 Å². The fourth-order valence-corrected chi connectivity index (χ4v) is 1.52. The molecular formula is C12H12N2O3. The van der Waals surface area contributed by atoms with E-state index in [1.807, 2.05) is 0 Å². The molecule has 2 aromatic rings. The minimum atomic E-state index is -0.383. The summed E-state index contributed by atoms with van der Waals surface area (Å²) in [4.78, 5) is 22.7. The van der Waals surface area contributed by atoms with E-state index in [4.69, 9.17) is 4.74 Å². The minimum Gasteiger partial charge on any atom is -0.462 e. The minimum absolute atomic E-state index is 0.168. The molecule has 0 saturated heterocycles. The van der Waals surface area contributed by atoms with Gasteiger partial charge >= 0.3 is 5.97 Å². The Balaban J connectivity index is 2.43. The number of carbonyl (C=O) groups excluding carboxylic acids is 2. The van der Waals surface area contributed by atoms with E-state index in [0.29, 0.717) is 17.7 Å². The second kappa shape index (κ2) is 4.37. The van der Waals surface area contributed by atoms with Gasteiger partial charge in [0.2, 0.25) is 5.91 Å². The van der Waals surface area contributed by atoms with Crippen LogP contribution in [-0.2, 0) is 4.74 Å². The maximum atomic E-state index is 11.5. The van der Waals surface area contributed by atoms with Gasteiger partial charge in [-0.1, -0.05) is 6.07 Å². The SMILES string of the molecule is CCOC(=O)c1ccc2cn(C(C)=O)nc2c1. The quantitative estimate of drug-likeness (QED) is 0.741. The van der Waals surface area contributed by atoms with Crippen LogP contribution in [0.5, 0.6) is 0 Å². The van der Waals surface area contributed by atoms with Crippen molar-refractivity contribution in [2.75, 3.05) is 6.61 Å². The van der Waals surface area contributed by atoms with E-state index < -0.39 is 0 Å². The highest BCUT2D eigenvalue weighted by Gasteiger charge is 2.09. The lowest BCUT2D eigenvalue weighted by Crippen LogP contribution is -2.05. The largest absolute Gasteiger partial charge is 0.462 e. The molecule has 0 spiro atoms. The van der Waals surface area contributed by atoms with E-state index >= 15 is 0 Å². The van der Waals surface area contributed by atoms with Crippen molar-refractivity contribution in [3.63, 3.8) is 0 Å². The number of hydrogen-bond acceptors (Lipinski definition) is 4. The van der Waals surface area contributed by atoms with E-state index in [1.165, 1.54) is 11.6 Å². The molecule has 0 amide bonds. The second-order valence-electron chi connectivity index (χ2n) is 3.59. The molecule has 0 saturated carbocycles. The molecule has 17 heavy (non-hydrogen) atoms. The van der Waals surface area contributed by atoms with Crippen LogP contribution in [0.3, 0.4) is 0 Å². The molecule has 0 unspecified atom stereocenters. The summed E-state index contributed by atoms with van der Waals surface area (Å²) in [5.74, 6) is -0.550. The fraction of sp³-hybridized carbons (Fsp3) is 0.250. The number of aromatic nitrogens is 2. The Morgan fingerprint density at radius 3 is 2.82 bits per heavy atom. The van der Waals surface area contributed by atoms with E-state index in [0.717, 1.165) is 5.39 Å². The van der Waals surface area contributed by atoms with Crippen LogP contribution >= 0.6 is 0 Å². The van der Waals surface area contributed by atoms with Gasteiger partial charge in [0, 0.05) is 18.5 Å². The van der Waals surface area contributed by atoms with Crippen LogP contribution in [0.25, 0.3) is 10.9 Å². The molecule has 0 aliphatic heterocycles. The number of hydrogen-bond donors (Lipinski definition) is 0. The Bertz CT molecular complexity index is 586. The standard InChI is InChI=1S/C12H12N2O3/c1-3-17-12(16)9-4-5-10-7-14(8(2)15)13-11(10)6-9/h4-7H,3H2,1-2H3. The maximum Gasteiger partial charge on any atom is 0.338 e. The summed E-state index contributed by atoms with van der Waals surface area (Å²) in [6.07, 6.45) is 1.63. The summed E-state index contributed by atoms with van der Waals surface area (Å²) >= 11 is 0. The summed E-state index contributed by atoms with van der Waals surface area (Å²) in [5, 5.41) is 4.89. The van der Waals surface area contributed by atoms with Crippen LogP contribution < -0.4 is 0 Å². The van der Waals surface area contributed by atoms with Gasteiger partial charge in [-0.25, -0.2) is 9.48 Å². The zero-order chi connectivity index (χ0) is 12.4. The summed E-state index contributed by atoms with van der Waals surface area (Å²) in [5.41, 5.74) is 1.04. The topological polar surface area (TPSA) is 61.2 Å². The van der Waals surface area contributed by atoms with Gasteiger partial charge in [0.25, 0.3) is 0 Å². The predicted octanol–water partition coefficient (Wildman–Crippen LogP) is 1.87. The van der Waals surface area contributed by atoms with Gasteiger partial charge in [0.05, 0.1) is 17.7 Å². The molecule has 5 heteroatoms. The Hall–Kier alpha value is -2.17. The zero-order valence-electron chi connectivity index (χ0n) is 9.64. The number of benzene rings is 1. The smallest absolute Gasteiger partial charge is 0.338 e. The van der Waals surface area contributed by atoms with Crippen molar-refractivity contribution in [3.05, 3.63) is 30.0 Å².